The molecule has 3 aromatic rings. The summed E-state index contributed by atoms with van der Waals surface area (Å²) in [6, 6.07) is 15.5. The Morgan fingerprint density at radius 1 is 1.20 bits per heavy atom. The number of rotatable bonds is 5. The number of pyridine rings is 1. The molecule has 6 N–H and O–H groups in total. The van der Waals surface area contributed by atoms with E-state index in [0.717, 1.165) is 33.5 Å². The second-order valence-corrected chi connectivity index (χ2v) is 9.85. The number of hydrogen-bond donors (Lipinski definition) is 5. The molecule has 0 amide bonds. The number of aliphatic hydroxyl groups excluding tert-OH is 1. The molecule has 8 heteroatoms. The zero-order valence-electron chi connectivity index (χ0n) is 17.0. The molecule has 1 aromatic heterocycles. The van der Waals surface area contributed by atoms with Crippen LogP contribution in [0.4, 0.5) is 11.5 Å². The van der Waals surface area contributed by atoms with E-state index in [1.807, 2.05) is 49.4 Å². The zero-order chi connectivity index (χ0) is 21.3. The average molecular weight is 429 g/mol. The molecule has 2 aromatic carbocycles. The van der Waals surface area contributed by atoms with E-state index in [2.05, 4.69) is 10.2 Å². The second kappa shape index (κ2) is 8.41. The lowest BCUT2D eigenvalue weighted by Gasteiger charge is -2.32. The Labute approximate surface area is 177 Å². The number of nitrogens with one attached hydrogen (secondary N) is 1. The minimum atomic E-state index is -2.84. The van der Waals surface area contributed by atoms with Crippen LogP contribution in [-0.4, -0.2) is 50.7 Å². The van der Waals surface area contributed by atoms with Crippen molar-refractivity contribution in [2.45, 2.75) is 24.5 Å². The van der Waals surface area contributed by atoms with E-state index in [0.29, 0.717) is 24.5 Å². The molecule has 0 saturated heterocycles. The molecule has 4 rings (SSSR count). The van der Waals surface area contributed by atoms with Gasteiger partial charge >= 0.3 is 0 Å². The summed E-state index contributed by atoms with van der Waals surface area (Å²) in [4.78, 5) is 7.61. The highest BCUT2D eigenvalue weighted by Crippen LogP contribution is 2.51. The number of anilines is 2. The van der Waals surface area contributed by atoms with Crippen LogP contribution in [0.3, 0.4) is 0 Å². The summed E-state index contributed by atoms with van der Waals surface area (Å²) >= 11 is 0. The Balaban J connectivity index is 1.76. The van der Waals surface area contributed by atoms with E-state index >= 15 is 0 Å². The molecule has 1 aliphatic rings. The highest BCUT2D eigenvalue weighted by atomic mass is 32.3. The number of fused-ring (bicyclic) bond motifs is 2. The molecular formula is C22H28N4O3S. The second-order valence-electron chi connectivity index (χ2n) is 7.67. The number of aryl methyl sites for hydroxylation is 1. The number of benzene rings is 2. The Morgan fingerprint density at radius 2 is 2.00 bits per heavy atom. The van der Waals surface area contributed by atoms with Crippen LogP contribution < -0.4 is 16.0 Å². The maximum Gasteiger partial charge on any atom is 0.131 e. The van der Waals surface area contributed by atoms with E-state index in [-0.39, 0.29) is 12.3 Å². The quantitative estimate of drug-likeness (QED) is 0.423. The van der Waals surface area contributed by atoms with E-state index < -0.39 is 16.7 Å². The summed E-state index contributed by atoms with van der Waals surface area (Å²) in [7, 11) is -2.84. The average Bonchev–Trinajstić information content (AvgIpc) is 2.88. The Kier molecular flexibility index (Phi) is 5.86. The van der Waals surface area contributed by atoms with Gasteiger partial charge in [-0.1, -0.05) is 36.4 Å². The topological polar surface area (TPSA) is 115 Å². The predicted molar refractivity (Wildman–Crippen MR) is 124 cm³/mol. The van der Waals surface area contributed by atoms with Gasteiger partial charge in [0.1, 0.15) is 5.82 Å². The van der Waals surface area contributed by atoms with Gasteiger partial charge in [0.05, 0.1) is 22.3 Å². The minimum absolute atomic E-state index is 0.183. The third-order valence-electron chi connectivity index (χ3n) is 5.48. The Hall–Kier alpha value is -2.36. The van der Waals surface area contributed by atoms with Crippen LogP contribution in [0, 0.1) is 6.92 Å². The van der Waals surface area contributed by atoms with Gasteiger partial charge in [-0.3, -0.25) is 9.11 Å². The molecule has 1 aliphatic heterocycles. The van der Waals surface area contributed by atoms with Gasteiger partial charge in [-0.15, -0.1) is 0 Å². The van der Waals surface area contributed by atoms with Gasteiger partial charge in [-0.05, 0) is 24.1 Å². The monoisotopic (exact) mass is 428 g/mol. The van der Waals surface area contributed by atoms with Crippen LogP contribution in [0.1, 0.15) is 11.1 Å². The predicted octanol–water partition coefficient (Wildman–Crippen LogP) is 3.40. The lowest BCUT2D eigenvalue weighted by Crippen LogP contribution is -2.28. The van der Waals surface area contributed by atoms with Crippen LogP contribution in [0.5, 0.6) is 0 Å². The fourth-order valence-corrected chi connectivity index (χ4v) is 5.32. The van der Waals surface area contributed by atoms with Crippen molar-refractivity contribution in [1.82, 2.24) is 4.98 Å². The number of para-hydroxylation sites is 1. The molecule has 0 aliphatic carbocycles. The molecule has 0 saturated carbocycles. The smallest absolute Gasteiger partial charge is 0.131 e. The number of aromatic nitrogens is 1. The first-order valence-corrected chi connectivity index (χ1v) is 11.7. The third-order valence-corrected chi connectivity index (χ3v) is 7.34. The van der Waals surface area contributed by atoms with Crippen molar-refractivity contribution >= 4 is 33.0 Å². The molecular weight excluding hydrogens is 400 g/mol. The largest absolute Gasteiger partial charge is 0.390 e. The number of aliphatic hydroxyl groups is 1. The van der Waals surface area contributed by atoms with E-state index in [4.69, 9.17) is 10.7 Å². The summed E-state index contributed by atoms with van der Waals surface area (Å²) in [6.45, 7) is 3.56. The maximum absolute atomic E-state index is 10.7. The molecule has 0 bridgehead atoms. The van der Waals surface area contributed by atoms with Gasteiger partial charge in [0.25, 0.3) is 0 Å². The standard InChI is InChI=1S/C22H28N4O3S/c1-15-5-4-7-18-19(24-13-17(27)12-23)11-21(25-22(15)18)26-9-10-30(28,29)20-8-3-2-6-16(20)14-26/h2-8,11,17,27-29H,9-10,12-14,23H2,1H3,(H,24,25). The first kappa shape index (κ1) is 20.9. The van der Waals surface area contributed by atoms with Crippen molar-refractivity contribution in [3.8, 4) is 0 Å². The number of hydrogen-bond acceptors (Lipinski definition) is 7. The van der Waals surface area contributed by atoms with Crippen molar-refractivity contribution < 1.29 is 14.2 Å². The van der Waals surface area contributed by atoms with E-state index in [1.165, 1.54) is 0 Å². The van der Waals surface area contributed by atoms with Gasteiger partial charge in [0, 0.05) is 43.3 Å². The fourth-order valence-electron chi connectivity index (χ4n) is 3.78. The molecule has 160 valence electrons. The van der Waals surface area contributed by atoms with Crippen LogP contribution in [0.25, 0.3) is 10.9 Å². The highest BCUT2D eigenvalue weighted by molar-refractivity contribution is 8.24. The Bertz CT molecular complexity index is 1060. The van der Waals surface area contributed by atoms with Gasteiger partial charge in [0.15, 0.2) is 0 Å². The molecule has 2 heterocycles. The van der Waals surface area contributed by atoms with Gasteiger partial charge in [-0.2, -0.15) is 10.6 Å². The van der Waals surface area contributed by atoms with Crippen LogP contribution in [-0.2, 0) is 6.54 Å². The highest BCUT2D eigenvalue weighted by Gasteiger charge is 2.26. The van der Waals surface area contributed by atoms with Crippen molar-refractivity contribution in [3.63, 3.8) is 0 Å². The van der Waals surface area contributed by atoms with Crippen LogP contribution in [0.2, 0.25) is 0 Å². The molecule has 0 fully saturated rings. The summed E-state index contributed by atoms with van der Waals surface area (Å²) in [5, 5.41) is 14.2. The molecule has 1 atom stereocenters. The minimum Gasteiger partial charge on any atom is -0.390 e. The van der Waals surface area contributed by atoms with Crippen molar-refractivity contribution in [3.05, 3.63) is 59.7 Å². The molecule has 30 heavy (non-hydrogen) atoms. The van der Waals surface area contributed by atoms with Gasteiger partial charge in [-0.25, -0.2) is 4.98 Å². The normalized spacial score (nSPS) is 17.8. The summed E-state index contributed by atoms with van der Waals surface area (Å²) < 4.78 is 21.3. The fraction of sp³-hybridized carbons (Fsp3) is 0.318. The molecule has 7 nitrogen and oxygen atoms in total. The van der Waals surface area contributed by atoms with Crippen LogP contribution >= 0.6 is 10.6 Å². The van der Waals surface area contributed by atoms with Gasteiger partial charge < -0.3 is 21.1 Å². The van der Waals surface area contributed by atoms with E-state index in [9.17, 15) is 14.2 Å². The summed E-state index contributed by atoms with van der Waals surface area (Å²) in [5.41, 5.74) is 9.25. The summed E-state index contributed by atoms with van der Waals surface area (Å²) in [6.07, 6.45) is -0.639. The first-order valence-electron chi connectivity index (χ1n) is 10.00. The maximum atomic E-state index is 10.7. The molecule has 0 radical (unpaired) electrons. The third kappa shape index (κ3) is 4.10. The van der Waals surface area contributed by atoms with Crippen molar-refractivity contribution in [1.29, 1.82) is 0 Å². The van der Waals surface area contributed by atoms with Crippen molar-refractivity contribution in [2.75, 3.05) is 35.6 Å². The molecule has 1 unspecified atom stereocenters. The number of nitrogens with zero attached hydrogens (tertiary/aromatic N) is 2. The summed E-state index contributed by atoms with van der Waals surface area (Å²) in [5.74, 6) is 1.01. The molecule has 0 spiro atoms. The van der Waals surface area contributed by atoms with Crippen molar-refractivity contribution in [2.24, 2.45) is 5.73 Å². The van der Waals surface area contributed by atoms with Gasteiger partial charge in [0.2, 0.25) is 0 Å². The van der Waals surface area contributed by atoms with Crippen LogP contribution in [0.15, 0.2) is 53.4 Å². The first-order chi connectivity index (χ1) is 14.4. The van der Waals surface area contributed by atoms with E-state index in [1.54, 1.807) is 6.07 Å². The number of nitrogens with two attached hydrogens (primary N) is 1. The lowest BCUT2D eigenvalue weighted by molar-refractivity contribution is 0.196. The SMILES string of the molecule is Cc1cccc2c(NCC(O)CN)cc(N3CCS(O)(O)c4ccccc4C3)nc12. The lowest BCUT2D eigenvalue weighted by atomic mass is 10.1. The zero-order valence-corrected chi connectivity index (χ0v) is 17.8. The Morgan fingerprint density at radius 3 is 2.80 bits per heavy atom.